The number of hydrogen-bond donors (Lipinski definition) is 0. The lowest BCUT2D eigenvalue weighted by Gasteiger charge is -2.60. The minimum atomic E-state index is -2.08. The highest BCUT2D eigenvalue weighted by molar-refractivity contribution is 9.09. The summed E-state index contributed by atoms with van der Waals surface area (Å²) < 4.78 is 7.94. The van der Waals surface area contributed by atoms with E-state index in [4.69, 9.17) is 4.12 Å². The van der Waals surface area contributed by atoms with Crippen LogP contribution in [0.4, 0.5) is 0 Å². The zero-order valence-electron chi connectivity index (χ0n) is 20.3. The summed E-state index contributed by atoms with van der Waals surface area (Å²) in [5.74, 6) is 0. The van der Waals surface area contributed by atoms with Crippen molar-refractivity contribution in [3.63, 3.8) is 0 Å². The van der Waals surface area contributed by atoms with Gasteiger partial charge in [-0.15, -0.1) is 0 Å². The second-order valence-electron chi connectivity index (χ2n) is 11.0. The molecular formula is C22H48Br2OSi2. The van der Waals surface area contributed by atoms with E-state index in [1.165, 1.54) is 12.8 Å². The first-order valence-corrected chi connectivity index (χ1v) is 17.3. The molecule has 0 bridgehead atoms. The van der Waals surface area contributed by atoms with E-state index in [-0.39, 0.29) is 10.1 Å². The average molecular weight is 545 g/mol. The van der Waals surface area contributed by atoms with Crippen LogP contribution in [0.1, 0.15) is 95.9 Å². The molecular weight excluding hydrogens is 496 g/mol. The van der Waals surface area contributed by atoms with Gasteiger partial charge in [0.05, 0.1) is 0 Å². The van der Waals surface area contributed by atoms with Gasteiger partial charge >= 0.3 is 0 Å². The Kier molecular flexibility index (Phi) is 11.1. The Balaban J connectivity index is 6.81. The minimum absolute atomic E-state index is 0.241. The largest absolute Gasteiger partial charge is 0.453 e. The molecule has 0 aliphatic rings. The zero-order chi connectivity index (χ0) is 21.8. The summed E-state index contributed by atoms with van der Waals surface area (Å²) in [5, 5.41) is 2.59. The van der Waals surface area contributed by atoms with E-state index >= 15 is 0 Å². The van der Waals surface area contributed by atoms with Gasteiger partial charge in [0.25, 0.3) is 0 Å². The molecule has 0 fully saturated rings. The number of halogens is 2. The quantitative estimate of drug-likeness (QED) is 0.176. The average Bonchev–Trinajstić information content (AvgIpc) is 2.45. The van der Waals surface area contributed by atoms with Gasteiger partial charge in [0, 0.05) is 10.7 Å². The monoisotopic (exact) mass is 542 g/mol. The molecule has 164 valence electrons. The third-order valence-electron chi connectivity index (χ3n) is 7.32. The first-order valence-electron chi connectivity index (χ1n) is 10.9. The normalized spacial score (nSPS) is 14.9. The van der Waals surface area contributed by atoms with Crippen LogP contribution in [0, 0.1) is 0 Å². The lowest BCUT2D eigenvalue weighted by atomic mass is 10.1. The Hall–Kier alpha value is 1.35. The van der Waals surface area contributed by atoms with Gasteiger partial charge in [0.15, 0.2) is 16.6 Å². The van der Waals surface area contributed by atoms with Gasteiger partial charge in [0.2, 0.25) is 0 Å². The van der Waals surface area contributed by atoms with Crippen LogP contribution in [0.2, 0.25) is 32.2 Å². The molecule has 0 saturated carbocycles. The van der Waals surface area contributed by atoms with E-state index in [9.17, 15) is 0 Å². The van der Waals surface area contributed by atoms with Crippen molar-refractivity contribution in [1.29, 1.82) is 0 Å². The standard InChI is InChI=1S/C22H48Br2OSi2/c1-17(2)26(18(3)4,21(9,10)13-15-23)25-27(19(5)6,20(7)8)22(11,12)14-16-24/h17-20H,13-16H2,1-12H3. The molecule has 0 atom stereocenters. The Morgan fingerprint density at radius 1 is 0.593 bits per heavy atom. The molecule has 0 aromatic carbocycles. The Morgan fingerprint density at radius 3 is 0.963 bits per heavy atom. The predicted octanol–water partition coefficient (Wildman–Crippen LogP) is 9.66. The lowest BCUT2D eigenvalue weighted by molar-refractivity contribution is 0.358. The second kappa shape index (κ2) is 10.6. The summed E-state index contributed by atoms with van der Waals surface area (Å²) in [7, 11) is -4.16. The summed E-state index contributed by atoms with van der Waals surface area (Å²) in [4.78, 5) is 0. The molecule has 0 saturated heterocycles. The summed E-state index contributed by atoms with van der Waals surface area (Å²) in [5.41, 5.74) is 2.43. The maximum Gasteiger partial charge on any atom is 0.190 e. The summed E-state index contributed by atoms with van der Waals surface area (Å²) in [6, 6.07) is 0. The smallest absolute Gasteiger partial charge is 0.190 e. The van der Waals surface area contributed by atoms with E-state index in [0.29, 0.717) is 22.2 Å². The molecule has 0 amide bonds. The molecule has 0 aliphatic heterocycles. The highest BCUT2D eigenvalue weighted by atomic mass is 79.9. The van der Waals surface area contributed by atoms with Crippen molar-refractivity contribution >= 4 is 48.5 Å². The zero-order valence-corrected chi connectivity index (χ0v) is 25.5. The fourth-order valence-corrected chi connectivity index (χ4v) is 27.2. The molecule has 5 heteroatoms. The first-order chi connectivity index (χ1) is 12.1. The Morgan fingerprint density at radius 2 is 0.815 bits per heavy atom. The van der Waals surface area contributed by atoms with Crippen molar-refractivity contribution in [2.75, 3.05) is 10.7 Å². The Bertz CT molecular complexity index is 390. The van der Waals surface area contributed by atoms with Crippen molar-refractivity contribution in [1.82, 2.24) is 0 Å². The third-order valence-corrected chi connectivity index (χ3v) is 22.4. The topological polar surface area (TPSA) is 9.23 Å². The van der Waals surface area contributed by atoms with Crippen molar-refractivity contribution in [2.45, 2.75) is 128 Å². The van der Waals surface area contributed by atoms with Crippen LogP contribution in [0.15, 0.2) is 0 Å². The fraction of sp³-hybridized carbons (Fsp3) is 1.00. The SMILES string of the molecule is CC(C)[Si](O[Si](C(C)C)(C(C)C)C(C)(C)CCBr)(C(C)C)C(C)(C)CCBr. The maximum atomic E-state index is 7.94. The van der Waals surface area contributed by atoms with Crippen LogP contribution in [0.3, 0.4) is 0 Å². The molecule has 0 aromatic rings. The number of rotatable bonds is 12. The molecule has 0 spiro atoms. The molecule has 1 nitrogen and oxygen atoms in total. The van der Waals surface area contributed by atoms with E-state index < -0.39 is 16.6 Å². The number of alkyl halides is 2. The lowest BCUT2D eigenvalue weighted by Crippen LogP contribution is -2.66. The summed E-state index contributed by atoms with van der Waals surface area (Å²) in [6.07, 6.45) is 2.38. The van der Waals surface area contributed by atoms with Crippen LogP contribution >= 0.6 is 31.9 Å². The Labute approximate surface area is 190 Å². The second-order valence-corrected chi connectivity index (χ2v) is 23.9. The van der Waals surface area contributed by atoms with Crippen molar-refractivity contribution in [2.24, 2.45) is 0 Å². The third kappa shape index (κ3) is 5.35. The molecule has 0 heterocycles. The van der Waals surface area contributed by atoms with Crippen molar-refractivity contribution in [3.8, 4) is 0 Å². The maximum absolute atomic E-state index is 7.94. The first kappa shape index (κ1) is 28.4. The van der Waals surface area contributed by atoms with Crippen LogP contribution < -0.4 is 0 Å². The predicted molar refractivity (Wildman–Crippen MR) is 138 cm³/mol. The molecule has 0 rings (SSSR count). The van der Waals surface area contributed by atoms with E-state index in [0.717, 1.165) is 10.7 Å². The highest BCUT2D eigenvalue weighted by Crippen LogP contribution is 2.61. The summed E-state index contributed by atoms with van der Waals surface area (Å²) in [6.45, 7) is 29.5. The van der Waals surface area contributed by atoms with Gasteiger partial charge in [-0.05, 0) is 45.1 Å². The van der Waals surface area contributed by atoms with Gasteiger partial charge in [-0.3, -0.25) is 0 Å². The van der Waals surface area contributed by atoms with Gasteiger partial charge in [-0.25, -0.2) is 0 Å². The molecule has 0 aliphatic carbocycles. The number of hydrogen-bond acceptors (Lipinski definition) is 1. The fourth-order valence-electron chi connectivity index (χ4n) is 6.35. The van der Waals surface area contributed by atoms with E-state index in [2.05, 4.69) is 115 Å². The molecule has 27 heavy (non-hydrogen) atoms. The van der Waals surface area contributed by atoms with Crippen LogP contribution in [-0.2, 0) is 4.12 Å². The minimum Gasteiger partial charge on any atom is -0.453 e. The highest BCUT2D eigenvalue weighted by Gasteiger charge is 2.62. The summed E-state index contributed by atoms with van der Waals surface area (Å²) >= 11 is 7.50. The molecule has 0 aromatic heterocycles. The van der Waals surface area contributed by atoms with Gasteiger partial charge < -0.3 is 4.12 Å². The van der Waals surface area contributed by atoms with Gasteiger partial charge in [-0.2, -0.15) is 0 Å². The van der Waals surface area contributed by atoms with Crippen molar-refractivity contribution in [3.05, 3.63) is 0 Å². The molecule has 0 N–H and O–H groups in total. The van der Waals surface area contributed by atoms with Crippen LogP contribution in [0.5, 0.6) is 0 Å². The van der Waals surface area contributed by atoms with E-state index in [1.807, 2.05) is 0 Å². The van der Waals surface area contributed by atoms with E-state index in [1.54, 1.807) is 0 Å². The van der Waals surface area contributed by atoms with Crippen molar-refractivity contribution < 1.29 is 4.12 Å². The molecule has 0 radical (unpaired) electrons. The van der Waals surface area contributed by atoms with Crippen LogP contribution in [0.25, 0.3) is 0 Å². The van der Waals surface area contributed by atoms with Crippen LogP contribution in [-0.4, -0.2) is 27.3 Å². The van der Waals surface area contributed by atoms with Gasteiger partial charge in [-0.1, -0.05) is 115 Å². The molecule has 0 unspecified atom stereocenters. The van der Waals surface area contributed by atoms with Gasteiger partial charge in [0.1, 0.15) is 0 Å².